The Labute approximate surface area is 133 Å². The molecule has 0 atom stereocenters. The first-order valence-electron chi connectivity index (χ1n) is 7.85. The third-order valence-electron chi connectivity index (χ3n) is 4.29. The first kappa shape index (κ1) is 18.2. The van der Waals surface area contributed by atoms with Crippen LogP contribution in [0.25, 0.3) is 0 Å². The van der Waals surface area contributed by atoms with Gasteiger partial charge in [-0.3, -0.25) is 9.59 Å². The van der Waals surface area contributed by atoms with Crippen molar-refractivity contribution in [3.05, 3.63) is 11.6 Å². The van der Waals surface area contributed by atoms with Crippen LogP contribution < -0.4 is 5.32 Å². The van der Waals surface area contributed by atoms with E-state index < -0.39 is 0 Å². The second-order valence-electron chi connectivity index (χ2n) is 6.98. The highest BCUT2D eigenvalue weighted by Crippen LogP contribution is 2.24. The van der Waals surface area contributed by atoms with Crippen molar-refractivity contribution < 1.29 is 9.59 Å². The van der Waals surface area contributed by atoms with Gasteiger partial charge in [-0.25, -0.2) is 0 Å². The van der Waals surface area contributed by atoms with E-state index in [1.165, 1.54) is 0 Å². The number of nitriles is 1. The monoisotopic (exact) mass is 305 g/mol. The summed E-state index contributed by atoms with van der Waals surface area (Å²) in [5.41, 5.74) is 1.06. The van der Waals surface area contributed by atoms with Crippen LogP contribution in [0.2, 0.25) is 0 Å². The molecule has 1 rings (SSSR count). The molecule has 5 heteroatoms. The number of piperidine rings is 1. The number of allylic oxidation sites excluding steroid dienone is 1. The van der Waals surface area contributed by atoms with Crippen molar-refractivity contribution in [1.29, 1.82) is 5.26 Å². The average molecular weight is 305 g/mol. The standard InChI is InChI=1S/C17H27N3O2/c1-13(17(2,3)4)11-15(21)19-12-14-6-9-20(10-7-14)16(22)5-8-18/h11,14H,5-7,9-10,12H2,1-4H3,(H,19,21)/b13-11+. The number of carbonyl (C=O) groups is 2. The highest BCUT2D eigenvalue weighted by Gasteiger charge is 2.22. The maximum absolute atomic E-state index is 11.9. The Morgan fingerprint density at radius 2 is 1.91 bits per heavy atom. The molecule has 1 N–H and O–H groups in total. The van der Waals surface area contributed by atoms with Gasteiger partial charge in [-0.1, -0.05) is 26.3 Å². The molecular formula is C17H27N3O2. The molecular weight excluding hydrogens is 278 g/mol. The van der Waals surface area contributed by atoms with Crippen LogP contribution in [0.4, 0.5) is 0 Å². The molecule has 0 aromatic rings. The fourth-order valence-electron chi connectivity index (χ4n) is 2.28. The molecule has 2 amide bonds. The smallest absolute Gasteiger partial charge is 0.243 e. The number of rotatable bonds is 4. The molecule has 0 aromatic heterocycles. The Morgan fingerprint density at radius 3 is 2.41 bits per heavy atom. The van der Waals surface area contributed by atoms with Gasteiger partial charge in [0.2, 0.25) is 11.8 Å². The molecule has 0 aliphatic carbocycles. The molecule has 22 heavy (non-hydrogen) atoms. The van der Waals surface area contributed by atoms with Gasteiger partial charge in [0, 0.05) is 25.7 Å². The van der Waals surface area contributed by atoms with Gasteiger partial charge < -0.3 is 10.2 Å². The van der Waals surface area contributed by atoms with Gasteiger partial charge in [-0.2, -0.15) is 5.26 Å². The van der Waals surface area contributed by atoms with Crippen molar-refractivity contribution in [2.24, 2.45) is 11.3 Å². The predicted molar refractivity (Wildman–Crippen MR) is 85.8 cm³/mol. The van der Waals surface area contributed by atoms with Crippen LogP contribution in [-0.2, 0) is 9.59 Å². The molecule has 122 valence electrons. The summed E-state index contributed by atoms with van der Waals surface area (Å²) in [6.45, 7) is 10.2. The van der Waals surface area contributed by atoms with Crippen LogP contribution in [0, 0.1) is 22.7 Å². The highest BCUT2D eigenvalue weighted by molar-refractivity contribution is 5.88. The van der Waals surface area contributed by atoms with Gasteiger partial charge in [0.05, 0.1) is 6.07 Å². The van der Waals surface area contributed by atoms with Gasteiger partial charge in [0.1, 0.15) is 6.42 Å². The second-order valence-corrected chi connectivity index (χ2v) is 6.98. The van der Waals surface area contributed by atoms with Crippen LogP contribution in [0.1, 0.15) is 47.0 Å². The molecule has 0 unspecified atom stereocenters. The molecule has 0 radical (unpaired) electrons. The summed E-state index contributed by atoms with van der Waals surface area (Å²) in [5, 5.41) is 11.5. The number of hydrogen-bond acceptors (Lipinski definition) is 3. The first-order chi connectivity index (χ1) is 10.2. The van der Waals surface area contributed by atoms with Gasteiger partial charge in [0.25, 0.3) is 0 Å². The van der Waals surface area contributed by atoms with E-state index in [0.29, 0.717) is 25.6 Å². The maximum Gasteiger partial charge on any atom is 0.243 e. The number of nitrogens with one attached hydrogen (secondary N) is 1. The third-order valence-corrected chi connectivity index (χ3v) is 4.29. The van der Waals surface area contributed by atoms with Crippen molar-refractivity contribution in [3.63, 3.8) is 0 Å². The summed E-state index contributed by atoms with van der Waals surface area (Å²) in [6.07, 6.45) is 3.38. The Kier molecular flexibility index (Phi) is 6.61. The van der Waals surface area contributed by atoms with Crippen molar-refractivity contribution in [2.75, 3.05) is 19.6 Å². The van der Waals surface area contributed by atoms with Crippen LogP contribution in [0.15, 0.2) is 11.6 Å². The molecule has 1 aliphatic heterocycles. The topological polar surface area (TPSA) is 73.2 Å². The summed E-state index contributed by atoms with van der Waals surface area (Å²) in [6, 6.07) is 1.89. The summed E-state index contributed by atoms with van der Waals surface area (Å²) < 4.78 is 0. The van der Waals surface area contributed by atoms with Crippen LogP contribution >= 0.6 is 0 Å². The zero-order chi connectivity index (χ0) is 16.8. The molecule has 1 fully saturated rings. The zero-order valence-corrected chi connectivity index (χ0v) is 14.1. The van der Waals surface area contributed by atoms with E-state index in [0.717, 1.165) is 18.4 Å². The SMILES string of the molecule is C/C(=C\C(=O)NCC1CCN(C(=O)CC#N)CC1)C(C)(C)C. The van der Waals surface area contributed by atoms with E-state index in [4.69, 9.17) is 5.26 Å². The number of carbonyl (C=O) groups excluding carboxylic acids is 2. The van der Waals surface area contributed by atoms with E-state index in [9.17, 15) is 9.59 Å². The predicted octanol–water partition coefficient (Wildman–Crippen LogP) is 2.25. The minimum absolute atomic E-state index is 0.00375. The van der Waals surface area contributed by atoms with Gasteiger partial charge in [-0.15, -0.1) is 0 Å². The molecule has 1 aliphatic rings. The fourth-order valence-corrected chi connectivity index (χ4v) is 2.28. The summed E-state index contributed by atoms with van der Waals surface area (Å²) in [5.74, 6) is 0.266. The summed E-state index contributed by atoms with van der Waals surface area (Å²) in [4.78, 5) is 25.3. The van der Waals surface area contributed by atoms with Gasteiger partial charge >= 0.3 is 0 Å². The summed E-state index contributed by atoms with van der Waals surface area (Å²) in [7, 11) is 0. The number of likely N-dealkylation sites (tertiary alicyclic amines) is 1. The largest absolute Gasteiger partial charge is 0.352 e. The maximum atomic E-state index is 11.9. The number of nitrogens with zero attached hydrogens (tertiary/aromatic N) is 2. The molecule has 1 heterocycles. The molecule has 0 aromatic carbocycles. The van der Waals surface area contributed by atoms with E-state index in [1.807, 2.05) is 13.0 Å². The molecule has 5 nitrogen and oxygen atoms in total. The lowest BCUT2D eigenvalue weighted by Gasteiger charge is -2.31. The second kappa shape index (κ2) is 7.98. The highest BCUT2D eigenvalue weighted by atomic mass is 16.2. The normalized spacial score (nSPS) is 17.0. The molecule has 0 bridgehead atoms. The molecule has 0 saturated carbocycles. The van der Waals surface area contributed by atoms with E-state index in [-0.39, 0.29) is 23.7 Å². The van der Waals surface area contributed by atoms with Crippen molar-refractivity contribution in [1.82, 2.24) is 10.2 Å². The van der Waals surface area contributed by atoms with E-state index in [2.05, 4.69) is 26.1 Å². The van der Waals surface area contributed by atoms with Crippen molar-refractivity contribution in [3.8, 4) is 6.07 Å². The number of amides is 2. The van der Waals surface area contributed by atoms with Gasteiger partial charge in [-0.05, 0) is 31.1 Å². The van der Waals surface area contributed by atoms with Gasteiger partial charge in [0.15, 0.2) is 0 Å². The molecule has 0 spiro atoms. The van der Waals surface area contributed by atoms with E-state index in [1.54, 1.807) is 11.0 Å². The lowest BCUT2D eigenvalue weighted by molar-refractivity contribution is -0.131. The number of hydrogen-bond donors (Lipinski definition) is 1. The first-order valence-corrected chi connectivity index (χ1v) is 7.85. The lowest BCUT2D eigenvalue weighted by atomic mass is 9.87. The van der Waals surface area contributed by atoms with Crippen LogP contribution in [0.3, 0.4) is 0 Å². The fraction of sp³-hybridized carbons (Fsp3) is 0.706. The van der Waals surface area contributed by atoms with E-state index >= 15 is 0 Å². The Bertz CT molecular complexity index is 475. The summed E-state index contributed by atoms with van der Waals surface area (Å²) >= 11 is 0. The Morgan fingerprint density at radius 1 is 1.32 bits per heavy atom. The van der Waals surface area contributed by atoms with Crippen molar-refractivity contribution in [2.45, 2.75) is 47.0 Å². The minimum atomic E-state index is -0.0891. The average Bonchev–Trinajstić information content (AvgIpc) is 2.45. The van der Waals surface area contributed by atoms with Crippen molar-refractivity contribution >= 4 is 11.8 Å². The Balaban J connectivity index is 2.35. The zero-order valence-electron chi connectivity index (χ0n) is 14.1. The molecule has 1 saturated heterocycles. The van der Waals surface area contributed by atoms with Crippen LogP contribution in [-0.4, -0.2) is 36.3 Å². The van der Waals surface area contributed by atoms with Crippen LogP contribution in [0.5, 0.6) is 0 Å². The third kappa shape index (κ3) is 5.88. The quantitative estimate of drug-likeness (QED) is 0.810. The lowest BCUT2D eigenvalue weighted by Crippen LogP contribution is -2.41. The Hall–Kier alpha value is -1.83. The minimum Gasteiger partial charge on any atom is -0.352 e.